The van der Waals surface area contributed by atoms with Crippen LogP contribution in [0.3, 0.4) is 0 Å². The Balaban J connectivity index is 1.65. The van der Waals surface area contributed by atoms with E-state index in [4.69, 9.17) is 0 Å². The van der Waals surface area contributed by atoms with Crippen molar-refractivity contribution in [3.8, 4) is 0 Å². The van der Waals surface area contributed by atoms with E-state index in [2.05, 4.69) is 10.3 Å². The summed E-state index contributed by atoms with van der Waals surface area (Å²) in [5.74, 6) is -0.103. The third-order valence-electron chi connectivity index (χ3n) is 4.40. The van der Waals surface area contributed by atoms with E-state index in [1.807, 2.05) is 48.5 Å². The van der Waals surface area contributed by atoms with Crippen LogP contribution in [-0.2, 0) is 21.2 Å². The fourth-order valence-corrected chi connectivity index (χ4v) is 3.97. The zero-order chi connectivity index (χ0) is 20.0. The van der Waals surface area contributed by atoms with E-state index < -0.39 is 10.0 Å². The van der Waals surface area contributed by atoms with Crippen LogP contribution in [0.5, 0.6) is 0 Å². The molecule has 0 aliphatic carbocycles. The van der Waals surface area contributed by atoms with Crippen LogP contribution in [0.2, 0.25) is 0 Å². The molecule has 0 radical (unpaired) electrons. The first-order valence-electron chi connectivity index (χ1n) is 9.07. The zero-order valence-electron chi connectivity index (χ0n) is 15.7. The van der Waals surface area contributed by atoms with Gasteiger partial charge in [-0.2, -0.15) is 0 Å². The minimum Gasteiger partial charge on any atom is -0.354 e. The number of amides is 1. The van der Waals surface area contributed by atoms with Gasteiger partial charge < -0.3 is 5.32 Å². The summed E-state index contributed by atoms with van der Waals surface area (Å²) in [6, 6.07) is 18.9. The van der Waals surface area contributed by atoms with Gasteiger partial charge in [-0.3, -0.25) is 14.1 Å². The molecule has 3 rings (SSSR count). The lowest BCUT2D eigenvalue weighted by Gasteiger charge is -2.23. The third-order valence-corrected chi connectivity index (χ3v) is 5.58. The Kier molecular flexibility index (Phi) is 6.26. The van der Waals surface area contributed by atoms with Crippen molar-refractivity contribution >= 4 is 32.5 Å². The first-order chi connectivity index (χ1) is 13.4. The van der Waals surface area contributed by atoms with Crippen molar-refractivity contribution in [1.29, 1.82) is 0 Å². The molecule has 146 valence electrons. The lowest BCUT2D eigenvalue weighted by Crippen LogP contribution is -2.38. The van der Waals surface area contributed by atoms with E-state index in [1.165, 1.54) is 4.31 Å². The van der Waals surface area contributed by atoms with Crippen molar-refractivity contribution in [2.75, 3.05) is 23.7 Å². The molecule has 0 spiro atoms. The number of hydrogen-bond acceptors (Lipinski definition) is 4. The number of nitrogens with one attached hydrogen (secondary N) is 1. The summed E-state index contributed by atoms with van der Waals surface area (Å²) in [6.07, 6.45) is 3.80. The molecule has 3 aromatic rings. The molecule has 1 amide bonds. The van der Waals surface area contributed by atoms with Gasteiger partial charge in [0.2, 0.25) is 15.9 Å². The number of carbonyl (C=O) groups excluding carboxylic acids is 1. The Labute approximate surface area is 165 Å². The second kappa shape index (κ2) is 8.84. The Morgan fingerprint density at radius 2 is 1.79 bits per heavy atom. The average molecular weight is 398 g/mol. The Morgan fingerprint density at radius 1 is 1.04 bits per heavy atom. The standard InChI is InChI=1S/C21H23N3O3S/c1-28(26,27)24(19-11-5-9-18-10-6-14-23-21(18)19)16-15-22-20(25)13-12-17-7-3-2-4-8-17/h2-11,14H,12-13,15-16H2,1H3,(H,22,25). The first kappa shape index (κ1) is 19.8. The van der Waals surface area contributed by atoms with Gasteiger partial charge >= 0.3 is 0 Å². The molecule has 1 N–H and O–H groups in total. The van der Waals surface area contributed by atoms with Crippen LogP contribution >= 0.6 is 0 Å². The van der Waals surface area contributed by atoms with Crippen LogP contribution in [-0.4, -0.2) is 38.7 Å². The highest BCUT2D eigenvalue weighted by Gasteiger charge is 2.20. The van der Waals surface area contributed by atoms with Crippen molar-refractivity contribution < 1.29 is 13.2 Å². The quantitative estimate of drug-likeness (QED) is 0.634. The summed E-state index contributed by atoms with van der Waals surface area (Å²) in [5, 5.41) is 3.67. The molecule has 0 fully saturated rings. The van der Waals surface area contributed by atoms with Crippen LogP contribution in [0.1, 0.15) is 12.0 Å². The smallest absolute Gasteiger partial charge is 0.232 e. The normalized spacial score (nSPS) is 11.3. The van der Waals surface area contributed by atoms with Crippen LogP contribution < -0.4 is 9.62 Å². The molecule has 0 aliphatic heterocycles. The van der Waals surface area contributed by atoms with Gasteiger partial charge in [-0.05, 0) is 24.1 Å². The monoisotopic (exact) mass is 397 g/mol. The number of pyridine rings is 1. The molecular weight excluding hydrogens is 374 g/mol. The molecule has 0 saturated heterocycles. The Morgan fingerprint density at radius 3 is 2.54 bits per heavy atom. The van der Waals surface area contributed by atoms with E-state index in [1.54, 1.807) is 18.3 Å². The highest BCUT2D eigenvalue weighted by atomic mass is 32.2. The fourth-order valence-electron chi connectivity index (χ4n) is 3.04. The Hall–Kier alpha value is -2.93. The maximum atomic E-state index is 12.3. The maximum absolute atomic E-state index is 12.3. The van der Waals surface area contributed by atoms with E-state index in [9.17, 15) is 13.2 Å². The zero-order valence-corrected chi connectivity index (χ0v) is 16.5. The molecule has 0 saturated carbocycles. The second-order valence-electron chi connectivity index (χ2n) is 6.52. The number of fused-ring (bicyclic) bond motifs is 1. The molecule has 1 heterocycles. The minimum atomic E-state index is -3.52. The van der Waals surface area contributed by atoms with Gasteiger partial charge in [0.15, 0.2) is 0 Å². The maximum Gasteiger partial charge on any atom is 0.232 e. The van der Waals surface area contributed by atoms with Crippen molar-refractivity contribution in [3.05, 3.63) is 72.4 Å². The topological polar surface area (TPSA) is 79.4 Å². The molecule has 1 aromatic heterocycles. The first-order valence-corrected chi connectivity index (χ1v) is 10.9. The van der Waals surface area contributed by atoms with E-state index in [0.29, 0.717) is 24.0 Å². The predicted molar refractivity (Wildman–Crippen MR) is 112 cm³/mol. The summed E-state index contributed by atoms with van der Waals surface area (Å²) in [5.41, 5.74) is 2.22. The molecule has 0 aliphatic rings. The molecule has 6 nitrogen and oxygen atoms in total. The highest BCUT2D eigenvalue weighted by Crippen LogP contribution is 2.26. The van der Waals surface area contributed by atoms with Gasteiger partial charge in [-0.1, -0.05) is 48.5 Å². The number of carbonyl (C=O) groups is 1. The Bertz CT molecular complexity index is 1050. The third kappa shape index (κ3) is 5.07. The molecule has 0 bridgehead atoms. The van der Waals surface area contributed by atoms with Gasteiger partial charge in [0.1, 0.15) is 0 Å². The molecule has 7 heteroatoms. The fraction of sp³-hybridized carbons (Fsp3) is 0.238. The molecular formula is C21H23N3O3S. The van der Waals surface area contributed by atoms with Crippen LogP contribution in [0.15, 0.2) is 66.9 Å². The number of aryl methyl sites for hydroxylation is 1. The van der Waals surface area contributed by atoms with Gasteiger partial charge in [0.05, 0.1) is 24.0 Å². The lowest BCUT2D eigenvalue weighted by atomic mass is 10.1. The van der Waals surface area contributed by atoms with Crippen LogP contribution in [0.4, 0.5) is 5.69 Å². The molecule has 0 atom stereocenters. The number of aromatic nitrogens is 1. The highest BCUT2D eigenvalue weighted by molar-refractivity contribution is 7.92. The number of rotatable bonds is 8. The molecule has 0 unspecified atom stereocenters. The number of sulfonamides is 1. The number of para-hydroxylation sites is 1. The van der Waals surface area contributed by atoms with Crippen molar-refractivity contribution in [2.45, 2.75) is 12.8 Å². The number of anilines is 1. The summed E-state index contributed by atoms with van der Waals surface area (Å²) in [4.78, 5) is 16.4. The van der Waals surface area contributed by atoms with Crippen LogP contribution in [0.25, 0.3) is 10.9 Å². The largest absolute Gasteiger partial charge is 0.354 e. The molecule has 2 aromatic carbocycles. The molecule has 28 heavy (non-hydrogen) atoms. The van der Waals surface area contributed by atoms with Gasteiger partial charge in [0.25, 0.3) is 0 Å². The minimum absolute atomic E-state index is 0.103. The summed E-state index contributed by atoms with van der Waals surface area (Å²) < 4.78 is 26.0. The summed E-state index contributed by atoms with van der Waals surface area (Å²) >= 11 is 0. The van der Waals surface area contributed by atoms with Crippen molar-refractivity contribution in [1.82, 2.24) is 10.3 Å². The van der Waals surface area contributed by atoms with Gasteiger partial charge in [0, 0.05) is 24.5 Å². The van der Waals surface area contributed by atoms with E-state index in [0.717, 1.165) is 17.2 Å². The SMILES string of the molecule is CS(=O)(=O)N(CCNC(=O)CCc1ccccc1)c1cccc2cccnc12. The van der Waals surface area contributed by atoms with Gasteiger partial charge in [-0.25, -0.2) is 8.42 Å². The van der Waals surface area contributed by atoms with Crippen molar-refractivity contribution in [3.63, 3.8) is 0 Å². The second-order valence-corrected chi connectivity index (χ2v) is 8.43. The van der Waals surface area contributed by atoms with Crippen LogP contribution in [0, 0.1) is 0 Å². The summed E-state index contributed by atoms with van der Waals surface area (Å²) in [7, 11) is -3.52. The van der Waals surface area contributed by atoms with E-state index >= 15 is 0 Å². The average Bonchev–Trinajstić information content (AvgIpc) is 2.69. The predicted octanol–water partition coefficient (Wildman–Crippen LogP) is 2.75. The lowest BCUT2D eigenvalue weighted by molar-refractivity contribution is -0.120. The summed E-state index contributed by atoms with van der Waals surface area (Å²) in [6.45, 7) is 0.371. The van der Waals surface area contributed by atoms with Gasteiger partial charge in [-0.15, -0.1) is 0 Å². The van der Waals surface area contributed by atoms with Crippen molar-refractivity contribution in [2.24, 2.45) is 0 Å². The van der Waals surface area contributed by atoms with E-state index in [-0.39, 0.29) is 19.0 Å². The number of nitrogens with zero attached hydrogens (tertiary/aromatic N) is 2. The number of hydrogen-bond donors (Lipinski definition) is 1. The number of benzene rings is 2.